The minimum atomic E-state index is -1.29. The summed E-state index contributed by atoms with van der Waals surface area (Å²) >= 11 is 0. The summed E-state index contributed by atoms with van der Waals surface area (Å²) in [6.07, 6.45) is -1.54. The predicted octanol–water partition coefficient (Wildman–Crippen LogP) is 0.751. The van der Waals surface area contributed by atoms with E-state index in [1.807, 2.05) is 0 Å². The lowest BCUT2D eigenvalue weighted by molar-refractivity contribution is -0.222. The lowest BCUT2D eigenvalue weighted by Gasteiger charge is -2.19. The summed E-state index contributed by atoms with van der Waals surface area (Å²) in [7, 11) is 4.07. The van der Waals surface area contributed by atoms with Crippen molar-refractivity contribution in [3.8, 4) is 0 Å². The molecule has 1 atom stereocenters. The van der Waals surface area contributed by atoms with Crippen molar-refractivity contribution in [1.82, 2.24) is 10.1 Å². The molecule has 2 heterocycles. The van der Waals surface area contributed by atoms with E-state index in [4.69, 9.17) is 33.3 Å². The van der Waals surface area contributed by atoms with E-state index in [0.717, 1.165) is 0 Å². The van der Waals surface area contributed by atoms with E-state index in [9.17, 15) is 43.2 Å². The molecule has 0 spiro atoms. The van der Waals surface area contributed by atoms with Crippen LogP contribution in [0.1, 0.15) is 75.5 Å². The van der Waals surface area contributed by atoms with E-state index in [1.165, 1.54) is 35.1 Å². The molecule has 22 nitrogen and oxygen atoms in total. The average Bonchev–Trinajstić information content (AvgIpc) is 3.63. The Morgan fingerprint density at radius 3 is 1.44 bits per heavy atom. The third kappa shape index (κ3) is 23.7. The number of nitrogens with zero attached hydrogens (tertiary/aromatic N) is 2. The highest BCUT2D eigenvalue weighted by atomic mass is 16.8. The summed E-state index contributed by atoms with van der Waals surface area (Å²) in [5.74, 6) is -3.90. The number of amides is 4. The smallest absolute Gasteiger partial charge is 0.469 e. The van der Waals surface area contributed by atoms with Gasteiger partial charge in [0.1, 0.15) is 32.0 Å². The van der Waals surface area contributed by atoms with Crippen LogP contribution in [0.25, 0.3) is 0 Å². The van der Waals surface area contributed by atoms with Gasteiger partial charge in [0.05, 0.1) is 20.8 Å². The second-order valence-electron chi connectivity index (χ2n) is 10.4. The molecule has 0 aromatic heterocycles. The minimum absolute atomic E-state index is 0. The van der Waals surface area contributed by atoms with Gasteiger partial charge in [-0.05, 0) is 19.9 Å². The van der Waals surface area contributed by atoms with Gasteiger partial charge in [0.15, 0.2) is 6.79 Å². The first-order valence-corrected chi connectivity index (χ1v) is 16.3. The van der Waals surface area contributed by atoms with Crippen LogP contribution in [0.5, 0.6) is 0 Å². The Balaban J connectivity index is -0.000000489. The van der Waals surface area contributed by atoms with Crippen LogP contribution in [-0.2, 0) is 85.9 Å². The molecule has 54 heavy (non-hydrogen) atoms. The minimum Gasteiger partial charge on any atom is -0.469 e. The summed E-state index contributed by atoms with van der Waals surface area (Å²) in [5, 5.41) is 0.952. The van der Waals surface area contributed by atoms with Crippen LogP contribution < -0.4 is 5.73 Å². The van der Waals surface area contributed by atoms with Crippen molar-refractivity contribution in [3.05, 3.63) is 0 Å². The van der Waals surface area contributed by atoms with Gasteiger partial charge in [-0.2, -0.15) is 5.06 Å². The van der Waals surface area contributed by atoms with Gasteiger partial charge in [-0.1, -0.05) is 12.5 Å². The topological polar surface area (TPSA) is 278 Å². The molecule has 0 saturated carbocycles. The van der Waals surface area contributed by atoms with Gasteiger partial charge in [-0.25, -0.2) is 9.63 Å². The number of carbonyl (C=O) groups excluding carboxylic acids is 9. The molecule has 4 amide bonds. The maximum Gasteiger partial charge on any atom is 0.534 e. The molecule has 0 aromatic carbocycles. The van der Waals surface area contributed by atoms with Gasteiger partial charge >= 0.3 is 30.0 Å². The fraction of sp³-hybridized carbons (Fsp3) is 0.719. The van der Waals surface area contributed by atoms with Crippen LogP contribution in [0, 0.1) is 0 Å². The normalized spacial score (nSPS) is 13.8. The molecule has 0 bridgehead atoms. The maximum absolute atomic E-state index is 11.8. The second-order valence-corrected chi connectivity index (χ2v) is 10.4. The number of hydrogen-bond donors (Lipinski definition) is 1. The Morgan fingerprint density at radius 2 is 1.04 bits per heavy atom. The van der Waals surface area contributed by atoms with E-state index in [0.29, 0.717) is 23.0 Å². The first kappa shape index (κ1) is 51.3. The van der Waals surface area contributed by atoms with Crippen LogP contribution in [-0.4, -0.2) is 144 Å². The quantitative estimate of drug-likeness (QED) is 0.0521. The number of imide groups is 2. The number of methoxy groups -OCH3 is 2. The van der Waals surface area contributed by atoms with Crippen molar-refractivity contribution in [2.75, 3.05) is 67.7 Å². The molecule has 2 aliphatic rings. The lowest BCUT2D eigenvalue weighted by Crippen LogP contribution is -2.35. The summed E-state index contributed by atoms with van der Waals surface area (Å²) in [5.41, 5.74) is 4.50. The zero-order valence-electron chi connectivity index (χ0n) is 30.5. The molecule has 0 aromatic rings. The van der Waals surface area contributed by atoms with Crippen molar-refractivity contribution in [1.29, 1.82) is 0 Å². The number of rotatable bonds is 22. The molecule has 2 fully saturated rings. The van der Waals surface area contributed by atoms with Crippen molar-refractivity contribution < 1.29 is 93.6 Å². The third-order valence-corrected chi connectivity index (χ3v) is 6.29. The van der Waals surface area contributed by atoms with Crippen molar-refractivity contribution in [2.45, 2.75) is 84.8 Å². The highest BCUT2D eigenvalue weighted by Gasteiger charge is 2.34. The number of nitrogens with two attached hydrogens (primary N) is 1. The van der Waals surface area contributed by atoms with Crippen molar-refractivity contribution in [3.63, 3.8) is 0 Å². The largest absolute Gasteiger partial charge is 0.534 e. The number of esters is 4. The van der Waals surface area contributed by atoms with Gasteiger partial charge < -0.3 is 43.6 Å². The van der Waals surface area contributed by atoms with Crippen molar-refractivity contribution in [2.24, 2.45) is 5.73 Å². The van der Waals surface area contributed by atoms with Crippen LogP contribution in [0.2, 0.25) is 0 Å². The molecule has 0 radical (unpaired) electrons. The Bertz CT molecular complexity index is 1180. The van der Waals surface area contributed by atoms with Crippen molar-refractivity contribution >= 4 is 53.7 Å². The number of ether oxygens (including phenoxy) is 8. The van der Waals surface area contributed by atoms with Crippen LogP contribution >= 0.6 is 0 Å². The van der Waals surface area contributed by atoms with Crippen LogP contribution in [0.15, 0.2) is 0 Å². The van der Waals surface area contributed by atoms with E-state index < -0.39 is 66.7 Å². The SMILES string of the molecule is C.CN.COC(=O)CCCOC(COC(C)=O)COC(C)=O.COC(=O)CCCOC(COCON1C(=O)CCC1=O)COC(=O)ON1C(=O)CCC1=O.[HH].[HH]. The second kappa shape index (κ2) is 30.7. The predicted molar refractivity (Wildman–Crippen MR) is 183 cm³/mol. The number of hydroxylamine groups is 4. The Kier molecular flexibility index (Phi) is 29.2. The standard InChI is InChI=1S/C18H24N2O12.C12H20O7.CH5N.CH4.2H2/c1-27-17(25)3-2-8-29-12(9-28-11-31-19-13(21)4-5-14(19)22)10-30-18(26)32-20-15(23)6-7-16(20)24;1-9(13)18-7-11(8-19-10(2)14)17-6-4-5-12(15)16-3;1-2;;;/h12H,2-11H2,1H3;11H,4-8H2,1-3H3;2H2,1H3;1H4;2*1H. The Morgan fingerprint density at radius 1 is 0.648 bits per heavy atom. The number of hydrogen-bond acceptors (Lipinski definition) is 20. The van der Waals surface area contributed by atoms with Gasteiger partial charge in [-0.15, -0.1) is 0 Å². The summed E-state index contributed by atoms with van der Waals surface area (Å²) in [6.45, 7) is 1.93. The fourth-order valence-electron chi connectivity index (χ4n) is 3.74. The van der Waals surface area contributed by atoms with E-state index >= 15 is 0 Å². The van der Waals surface area contributed by atoms with E-state index in [1.54, 1.807) is 0 Å². The fourth-order valence-corrected chi connectivity index (χ4v) is 3.74. The first-order valence-electron chi connectivity index (χ1n) is 16.3. The molecule has 2 rings (SSSR count). The van der Waals surface area contributed by atoms with E-state index in [2.05, 4.69) is 20.0 Å². The molecule has 2 saturated heterocycles. The monoisotopic (exact) mass is 787 g/mol. The molecule has 1 unspecified atom stereocenters. The van der Waals surface area contributed by atoms with E-state index in [-0.39, 0.29) is 94.4 Å². The number of carbonyl (C=O) groups is 9. The molecular weight excluding hydrogens is 730 g/mol. The molecule has 2 aliphatic heterocycles. The summed E-state index contributed by atoms with van der Waals surface area (Å²) in [6, 6.07) is 0. The maximum atomic E-state index is 11.8. The average molecular weight is 788 g/mol. The summed E-state index contributed by atoms with van der Waals surface area (Å²) in [4.78, 5) is 111. The molecule has 0 aliphatic carbocycles. The Hall–Kier alpha value is -4.77. The highest BCUT2D eigenvalue weighted by molar-refractivity contribution is 6.01. The molecule has 2 N–H and O–H groups in total. The third-order valence-electron chi connectivity index (χ3n) is 6.29. The highest BCUT2D eigenvalue weighted by Crippen LogP contribution is 2.14. The Labute approximate surface area is 315 Å². The van der Waals surface area contributed by atoms with Crippen LogP contribution in [0.3, 0.4) is 0 Å². The zero-order valence-corrected chi connectivity index (χ0v) is 30.5. The molecule has 314 valence electrons. The zero-order chi connectivity index (χ0) is 40.2. The van der Waals surface area contributed by atoms with Gasteiger partial charge in [0.2, 0.25) is 0 Å². The van der Waals surface area contributed by atoms with Gasteiger partial charge in [0, 0.05) is 68.4 Å². The molecular formula is C32H57N3O19. The first-order chi connectivity index (χ1) is 25.3. The lowest BCUT2D eigenvalue weighted by atomic mass is 10.3. The van der Waals surface area contributed by atoms with Crippen LogP contribution in [0.4, 0.5) is 4.79 Å². The molecule has 22 heteroatoms. The van der Waals surface area contributed by atoms with Gasteiger partial charge in [-0.3, -0.25) is 43.2 Å². The van der Waals surface area contributed by atoms with Gasteiger partial charge in [0.25, 0.3) is 23.6 Å². The summed E-state index contributed by atoms with van der Waals surface area (Å²) < 4.78 is 39.5.